The summed E-state index contributed by atoms with van der Waals surface area (Å²) in [6, 6.07) is -0.324. The van der Waals surface area contributed by atoms with Gasteiger partial charge in [-0.1, -0.05) is 0 Å². The molecule has 2 amide bonds. The van der Waals surface area contributed by atoms with Gasteiger partial charge in [0.05, 0.1) is 17.7 Å². The molecule has 2 N–H and O–H groups in total. The Morgan fingerprint density at radius 1 is 1.63 bits per heavy atom. The fraction of sp³-hybridized carbons (Fsp3) is 0.583. The number of amides is 2. The number of aliphatic carboxylic acids is 1. The fourth-order valence-corrected chi connectivity index (χ4v) is 2.98. The zero-order valence-corrected chi connectivity index (χ0v) is 11.8. The summed E-state index contributed by atoms with van der Waals surface area (Å²) in [4.78, 5) is 29.9. The first kappa shape index (κ1) is 13.8. The smallest absolute Gasteiger partial charge is 0.329 e. The Kier molecular flexibility index (Phi) is 3.75. The molecule has 1 aliphatic rings. The SMILES string of the molecule is Cc1ncsc1CNC(=O)N1CCCC1(C)C(=O)O. The van der Waals surface area contributed by atoms with Gasteiger partial charge >= 0.3 is 12.0 Å². The molecule has 104 valence electrons. The number of carboxylic acids is 1. The van der Waals surface area contributed by atoms with E-state index >= 15 is 0 Å². The predicted octanol–water partition coefficient (Wildman–Crippen LogP) is 1.60. The molecule has 0 radical (unpaired) electrons. The van der Waals surface area contributed by atoms with Crippen molar-refractivity contribution in [2.24, 2.45) is 0 Å². The second kappa shape index (κ2) is 5.16. The lowest BCUT2D eigenvalue weighted by Crippen LogP contribution is -2.53. The largest absolute Gasteiger partial charge is 0.480 e. The zero-order valence-electron chi connectivity index (χ0n) is 11.0. The lowest BCUT2D eigenvalue weighted by Gasteiger charge is -2.31. The van der Waals surface area contributed by atoms with Gasteiger partial charge in [-0.25, -0.2) is 14.6 Å². The lowest BCUT2D eigenvalue weighted by atomic mass is 10.00. The monoisotopic (exact) mass is 283 g/mol. The first-order chi connectivity index (χ1) is 8.95. The summed E-state index contributed by atoms with van der Waals surface area (Å²) in [5, 5.41) is 12.0. The summed E-state index contributed by atoms with van der Waals surface area (Å²) in [6.45, 7) is 4.35. The Balaban J connectivity index is 2.00. The summed E-state index contributed by atoms with van der Waals surface area (Å²) in [5.74, 6) is -0.950. The van der Waals surface area contributed by atoms with Gasteiger partial charge in [-0.2, -0.15) is 0 Å². The maximum Gasteiger partial charge on any atom is 0.329 e. The topological polar surface area (TPSA) is 82.5 Å². The number of urea groups is 1. The summed E-state index contributed by atoms with van der Waals surface area (Å²) in [5.41, 5.74) is 1.54. The van der Waals surface area contributed by atoms with Crippen LogP contribution in [0.5, 0.6) is 0 Å². The molecule has 2 rings (SSSR count). The molecule has 1 saturated heterocycles. The van der Waals surface area contributed by atoms with Crippen LogP contribution in [0.1, 0.15) is 30.3 Å². The quantitative estimate of drug-likeness (QED) is 0.882. The predicted molar refractivity (Wildman–Crippen MR) is 71.1 cm³/mol. The highest BCUT2D eigenvalue weighted by Gasteiger charge is 2.45. The van der Waals surface area contributed by atoms with Crippen LogP contribution in [0.15, 0.2) is 5.51 Å². The Labute approximate surface area is 115 Å². The van der Waals surface area contributed by atoms with Crippen LogP contribution in [0.2, 0.25) is 0 Å². The van der Waals surface area contributed by atoms with Crippen LogP contribution in [0, 0.1) is 6.92 Å². The molecule has 2 heterocycles. The maximum atomic E-state index is 12.1. The molecule has 19 heavy (non-hydrogen) atoms. The van der Waals surface area contributed by atoms with E-state index in [4.69, 9.17) is 0 Å². The number of aromatic nitrogens is 1. The van der Waals surface area contributed by atoms with E-state index in [-0.39, 0.29) is 6.03 Å². The van der Waals surface area contributed by atoms with Crippen molar-refractivity contribution >= 4 is 23.3 Å². The number of nitrogens with one attached hydrogen (secondary N) is 1. The van der Waals surface area contributed by atoms with Crippen molar-refractivity contribution in [2.45, 2.75) is 38.8 Å². The molecular formula is C12H17N3O3S. The molecule has 1 aromatic rings. The number of aryl methyl sites for hydroxylation is 1. The van der Waals surface area contributed by atoms with Gasteiger partial charge in [0.25, 0.3) is 0 Å². The summed E-state index contributed by atoms with van der Waals surface area (Å²) in [6.07, 6.45) is 1.21. The van der Waals surface area contributed by atoms with E-state index in [0.29, 0.717) is 19.5 Å². The number of nitrogens with zero attached hydrogens (tertiary/aromatic N) is 2. The van der Waals surface area contributed by atoms with E-state index in [1.807, 2.05) is 6.92 Å². The van der Waals surface area contributed by atoms with Crippen LogP contribution >= 0.6 is 11.3 Å². The number of hydrogen-bond acceptors (Lipinski definition) is 4. The van der Waals surface area contributed by atoms with E-state index in [2.05, 4.69) is 10.3 Å². The minimum absolute atomic E-state index is 0.324. The van der Waals surface area contributed by atoms with Crippen LogP contribution in [0.3, 0.4) is 0 Å². The molecule has 6 nitrogen and oxygen atoms in total. The lowest BCUT2D eigenvalue weighted by molar-refractivity contribution is -0.147. The summed E-state index contributed by atoms with van der Waals surface area (Å²) < 4.78 is 0. The molecule has 0 aromatic carbocycles. The third kappa shape index (κ3) is 2.56. The first-order valence-corrected chi connectivity index (χ1v) is 7.01. The van der Waals surface area contributed by atoms with Gasteiger partial charge in [0.1, 0.15) is 5.54 Å². The van der Waals surface area contributed by atoms with Crippen LogP contribution < -0.4 is 5.32 Å². The normalized spacial score (nSPS) is 22.5. The molecule has 1 aromatic heterocycles. The van der Waals surface area contributed by atoms with Gasteiger partial charge in [0.2, 0.25) is 0 Å². The van der Waals surface area contributed by atoms with E-state index in [9.17, 15) is 14.7 Å². The Morgan fingerprint density at radius 2 is 2.37 bits per heavy atom. The highest BCUT2D eigenvalue weighted by molar-refractivity contribution is 7.09. The fourth-order valence-electron chi connectivity index (χ4n) is 2.26. The highest BCUT2D eigenvalue weighted by atomic mass is 32.1. The van der Waals surface area contributed by atoms with Crippen molar-refractivity contribution in [2.75, 3.05) is 6.54 Å². The van der Waals surface area contributed by atoms with Crippen molar-refractivity contribution in [1.82, 2.24) is 15.2 Å². The van der Waals surface area contributed by atoms with Crippen molar-refractivity contribution in [3.63, 3.8) is 0 Å². The van der Waals surface area contributed by atoms with E-state index < -0.39 is 11.5 Å². The van der Waals surface area contributed by atoms with Gasteiger partial charge in [-0.15, -0.1) is 11.3 Å². The third-order valence-electron chi connectivity index (χ3n) is 3.59. The molecule has 1 atom stereocenters. The molecule has 0 saturated carbocycles. The van der Waals surface area contributed by atoms with Gasteiger partial charge in [0.15, 0.2) is 0 Å². The number of thiazole rings is 1. The van der Waals surface area contributed by atoms with Crippen molar-refractivity contribution in [3.8, 4) is 0 Å². The van der Waals surface area contributed by atoms with E-state index in [1.165, 1.54) is 16.2 Å². The minimum Gasteiger partial charge on any atom is -0.480 e. The number of rotatable bonds is 3. The maximum absolute atomic E-state index is 12.1. The molecule has 1 fully saturated rings. The van der Waals surface area contributed by atoms with E-state index in [1.54, 1.807) is 12.4 Å². The standard InChI is InChI=1S/C12H17N3O3S/c1-8-9(19-7-14-8)6-13-11(18)15-5-3-4-12(15,2)10(16)17/h7H,3-6H2,1-2H3,(H,13,18)(H,16,17). The molecule has 0 spiro atoms. The highest BCUT2D eigenvalue weighted by Crippen LogP contribution is 2.29. The molecule has 1 aliphatic heterocycles. The molecule has 0 bridgehead atoms. The second-order valence-electron chi connectivity index (χ2n) is 4.85. The van der Waals surface area contributed by atoms with Crippen molar-refractivity contribution in [3.05, 3.63) is 16.1 Å². The third-order valence-corrected chi connectivity index (χ3v) is 4.53. The Bertz CT molecular complexity index is 502. The average molecular weight is 283 g/mol. The van der Waals surface area contributed by atoms with Crippen LogP contribution in [-0.4, -0.2) is 39.1 Å². The number of hydrogen-bond donors (Lipinski definition) is 2. The van der Waals surface area contributed by atoms with Gasteiger partial charge in [-0.3, -0.25) is 0 Å². The van der Waals surface area contributed by atoms with Gasteiger partial charge < -0.3 is 15.3 Å². The van der Waals surface area contributed by atoms with Gasteiger partial charge in [0, 0.05) is 11.4 Å². The number of carbonyl (C=O) groups is 2. The van der Waals surface area contributed by atoms with Crippen LogP contribution in [0.4, 0.5) is 4.79 Å². The Morgan fingerprint density at radius 3 is 2.95 bits per heavy atom. The number of carboxylic acid groups (broad SMARTS) is 1. The number of carbonyl (C=O) groups excluding carboxylic acids is 1. The number of likely N-dealkylation sites (tertiary alicyclic amines) is 1. The molecule has 0 aliphatic carbocycles. The van der Waals surface area contributed by atoms with Crippen molar-refractivity contribution < 1.29 is 14.7 Å². The van der Waals surface area contributed by atoms with Gasteiger partial charge in [-0.05, 0) is 26.7 Å². The second-order valence-corrected chi connectivity index (χ2v) is 5.79. The molecule has 7 heteroatoms. The van der Waals surface area contributed by atoms with Crippen molar-refractivity contribution in [1.29, 1.82) is 0 Å². The molecular weight excluding hydrogens is 266 g/mol. The van der Waals surface area contributed by atoms with Crippen LogP contribution in [-0.2, 0) is 11.3 Å². The van der Waals surface area contributed by atoms with E-state index in [0.717, 1.165) is 17.0 Å². The summed E-state index contributed by atoms with van der Waals surface area (Å²) in [7, 11) is 0. The Hall–Kier alpha value is -1.63. The molecule has 1 unspecified atom stereocenters. The summed E-state index contributed by atoms with van der Waals surface area (Å²) >= 11 is 1.48. The van der Waals surface area contributed by atoms with Crippen LogP contribution in [0.25, 0.3) is 0 Å². The first-order valence-electron chi connectivity index (χ1n) is 6.13. The average Bonchev–Trinajstić information content (AvgIpc) is 2.93. The zero-order chi connectivity index (χ0) is 14.0. The minimum atomic E-state index is -1.09.